The van der Waals surface area contributed by atoms with Crippen LogP contribution in [0.2, 0.25) is 0 Å². The quantitative estimate of drug-likeness (QED) is 0.408. The van der Waals surface area contributed by atoms with Crippen LogP contribution < -0.4 is 11.0 Å². The van der Waals surface area contributed by atoms with Crippen molar-refractivity contribution < 1.29 is 8.81 Å². The fraction of sp³-hybridized carbons (Fsp3) is 0.0417. The Labute approximate surface area is 169 Å². The number of rotatable bonds is 2. The van der Waals surface area contributed by atoms with Gasteiger partial charge in [0.2, 0.25) is 11.1 Å². The van der Waals surface area contributed by atoms with E-state index in [1.54, 1.807) is 36.4 Å². The molecule has 5 aromatic rings. The van der Waals surface area contributed by atoms with Gasteiger partial charge in [-0.15, -0.1) is 0 Å². The van der Waals surface area contributed by atoms with Gasteiger partial charge in [0.05, 0.1) is 11.1 Å². The molecule has 0 radical (unpaired) electrons. The number of hydrogen-bond donors (Lipinski definition) is 0. The molecule has 30 heavy (non-hydrogen) atoms. The summed E-state index contributed by atoms with van der Waals surface area (Å²) in [5.41, 5.74) is 1.41. The Balaban J connectivity index is 1.95. The van der Waals surface area contributed by atoms with E-state index in [-0.39, 0.29) is 16.9 Å². The van der Waals surface area contributed by atoms with Crippen LogP contribution in [0.4, 0.5) is 4.39 Å². The zero-order valence-corrected chi connectivity index (χ0v) is 15.9. The molecule has 0 aliphatic heterocycles. The van der Waals surface area contributed by atoms with Crippen LogP contribution in [0.5, 0.6) is 0 Å². The molecular formula is C24H15FN2O3. The molecule has 0 saturated heterocycles. The highest BCUT2D eigenvalue weighted by atomic mass is 19.1. The van der Waals surface area contributed by atoms with Crippen LogP contribution in [0.15, 0.2) is 86.8 Å². The van der Waals surface area contributed by atoms with E-state index in [9.17, 15) is 14.0 Å². The molecule has 6 heteroatoms. The van der Waals surface area contributed by atoms with Crippen molar-refractivity contribution >= 4 is 22.1 Å². The van der Waals surface area contributed by atoms with Gasteiger partial charge in [-0.25, -0.2) is 4.39 Å². The van der Waals surface area contributed by atoms with Crippen LogP contribution in [0.25, 0.3) is 39.1 Å². The van der Waals surface area contributed by atoms with Gasteiger partial charge in [0.1, 0.15) is 11.4 Å². The predicted octanol–water partition coefficient (Wildman–Crippen LogP) is 4.61. The molecule has 2 heterocycles. The Morgan fingerprint density at radius 3 is 2.33 bits per heavy atom. The number of nitrogens with zero attached hydrogens (tertiary/aromatic N) is 2. The van der Waals surface area contributed by atoms with E-state index in [4.69, 9.17) is 4.42 Å². The van der Waals surface area contributed by atoms with Gasteiger partial charge in [-0.1, -0.05) is 29.8 Å². The summed E-state index contributed by atoms with van der Waals surface area (Å²) >= 11 is 0. The van der Waals surface area contributed by atoms with Crippen molar-refractivity contribution in [2.75, 3.05) is 0 Å². The largest absolute Gasteiger partial charge is 0.437 e. The molecule has 3 aromatic carbocycles. The molecule has 0 spiro atoms. The fourth-order valence-electron chi connectivity index (χ4n) is 3.48. The molecule has 0 saturated carbocycles. The van der Waals surface area contributed by atoms with Gasteiger partial charge in [-0.3, -0.25) is 14.2 Å². The van der Waals surface area contributed by atoms with Crippen molar-refractivity contribution in [2.24, 2.45) is 0 Å². The first-order valence-electron chi connectivity index (χ1n) is 9.34. The predicted molar refractivity (Wildman–Crippen MR) is 114 cm³/mol. The summed E-state index contributed by atoms with van der Waals surface area (Å²) in [7, 11) is 0. The minimum atomic E-state index is -0.539. The first kappa shape index (κ1) is 18.0. The maximum atomic E-state index is 13.5. The van der Waals surface area contributed by atoms with Gasteiger partial charge in [-0.2, -0.15) is 4.98 Å². The molecule has 5 rings (SSSR count). The molecule has 0 unspecified atom stereocenters. The van der Waals surface area contributed by atoms with Crippen LogP contribution in [-0.4, -0.2) is 9.55 Å². The first-order valence-corrected chi connectivity index (χ1v) is 9.34. The molecule has 0 aliphatic carbocycles. The SMILES string of the molecule is Cc1ccc(-n2c(-c3ccc(F)cc3)nc3oc4ccccc4c(=O)c3c2=O)cc1. The van der Waals surface area contributed by atoms with Gasteiger partial charge < -0.3 is 4.42 Å². The van der Waals surface area contributed by atoms with Crippen molar-refractivity contribution in [1.82, 2.24) is 9.55 Å². The second kappa shape index (κ2) is 6.77. The second-order valence-electron chi connectivity index (χ2n) is 7.03. The summed E-state index contributed by atoms with van der Waals surface area (Å²) in [6, 6.07) is 19.7. The summed E-state index contributed by atoms with van der Waals surface area (Å²) in [4.78, 5) is 31.1. The Hall–Kier alpha value is -4.06. The van der Waals surface area contributed by atoms with E-state index in [2.05, 4.69) is 4.98 Å². The molecule has 0 atom stereocenters. The van der Waals surface area contributed by atoms with Gasteiger partial charge in [0.15, 0.2) is 11.2 Å². The lowest BCUT2D eigenvalue weighted by Crippen LogP contribution is -2.26. The zero-order valence-electron chi connectivity index (χ0n) is 15.9. The minimum Gasteiger partial charge on any atom is -0.437 e. The third-order valence-electron chi connectivity index (χ3n) is 5.01. The maximum absolute atomic E-state index is 13.5. The van der Waals surface area contributed by atoms with Gasteiger partial charge >= 0.3 is 0 Å². The van der Waals surface area contributed by atoms with E-state index >= 15 is 0 Å². The molecule has 0 N–H and O–H groups in total. The van der Waals surface area contributed by atoms with Gasteiger partial charge in [-0.05, 0) is 55.5 Å². The molecular weight excluding hydrogens is 383 g/mol. The maximum Gasteiger partial charge on any atom is 0.273 e. The van der Waals surface area contributed by atoms with Crippen molar-refractivity contribution in [3.05, 3.63) is 105 Å². The summed E-state index contributed by atoms with van der Waals surface area (Å²) < 4.78 is 20.6. The highest BCUT2D eigenvalue weighted by Crippen LogP contribution is 2.23. The Bertz CT molecular complexity index is 1530. The normalized spacial score (nSPS) is 11.3. The van der Waals surface area contributed by atoms with E-state index in [0.29, 0.717) is 22.2 Å². The fourth-order valence-corrected chi connectivity index (χ4v) is 3.48. The van der Waals surface area contributed by atoms with E-state index in [0.717, 1.165) is 5.56 Å². The average Bonchev–Trinajstić information content (AvgIpc) is 2.75. The van der Waals surface area contributed by atoms with Crippen LogP contribution in [0.1, 0.15) is 5.56 Å². The summed E-state index contributed by atoms with van der Waals surface area (Å²) in [5.74, 6) is -0.143. The lowest BCUT2D eigenvalue weighted by Gasteiger charge is -2.14. The second-order valence-corrected chi connectivity index (χ2v) is 7.03. The molecule has 0 bridgehead atoms. The van der Waals surface area contributed by atoms with Gasteiger partial charge in [0.25, 0.3) is 5.56 Å². The van der Waals surface area contributed by atoms with E-state index in [1.807, 2.05) is 19.1 Å². The third kappa shape index (κ3) is 2.81. The number of hydrogen-bond acceptors (Lipinski definition) is 4. The zero-order chi connectivity index (χ0) is 20.8. The van der Waals surface area contributed by atoms with E-state index in [1.165, 1.54) is 28.8 Å². The number of aromatic nitrogens is 2. The highest BCUT2D eigenvalue weighted by molar-refractivity contribution is 5.88. The highest BCUT2D eigenvalue weighted by Gasteiger charge is 2.19. The van der Waals surface area contributed by atoms with Crippen LogP contribution in [0, 0.1) is 12.7 Å². The molecule has 146 valence electrons. The van der Waals surface area contributed by atoms with Crippen LogP contribution >= 0.6 is 0 Å². The number of aryl methyl sites for hydroxylation is 1. The number of fused-ring (bicyclic) bond motifs is 2. The molecule has 5 nitrogen and oxygen atoms in total. The van der Waals surface area contributed by atoms with Crippen molar-refractivity contribution in [3.8, 4) is 17.1 Å². The topological polar surface area (TPSA) is 65.1 Å². The van der Waals surface area contributed by atoms with Gasteiger partial charge in [0, 0.05) is 5.56 Å². The monoisotopic (exact) mass is 398 g/mol. The smallest absolute Gasteiger partial charge is 0.273 e. The van der Waals surface area contributed by atoms with Crippen molar-refractivity contribution in [2.45, 2.75) is 6.92 Å². The Morgan fingerprint density at radius 2 is 1.60 bits per heavy atom. The van der Waals surface area contributed by atoms with Crippen LogP contribution in [0.3, 0.4) is 0 Å². The van der Waals surface area contributed by atoms with Crippen molar-refractivity contribution in [3.63, 3.8) is 0 Å². The lowest BCUT2D eigenvalue weighted by molar-refractivity contribution is 0.628. The van der Waals surface area contributed by atoms with Crippen LogP contribution in [-0.2, 0) is 0 Å². The molecule has 0 amide bonds. The number of benzene rings is 3. The Morgan fingerprint density at radius 1 is 0.900 bits per heavy atom. The minimum absolute atomic E-state index is 0.0496. The standard InChI is InChI=1S/C24H15FN2O3/c1-14-6-12-17(13-7-14)27-22(15-8-10-16(25)11-9-15)26-23-20(24(27)29)21(28)18-4-2-3-5-19(18)30-23/h2-13H,1H3. The summed E-state index contributed by atoms with van der Waals surface area (Å²) in [6.07, 6.45) is 0. The molecule has 0 fully saturated rings. The Kier molecular flexibility index (Phi) is 4.06. The molecule has 0 aliphatic rings. The summed E-state index contributed by atoms with van der Waals surface area (Å²) in [5, 5.41) is 0.189. The number of para-hydroxylation sites is 1. The lowest BCUT2D eigenvalue weighted by atomic mass is 10.1. The van der Waals surface area contributed by atoms with E-state index < -0.39 is 16.8 Å². The summed E-state index contributed by atoms with van der Waals surface area (Å²) in [6.45, 7) is 1.94. The average molecular weight is 398 g/mol. The first-order chi connectivity index (χ1) is 14.5. The third-order valence-corrected chi connectivity index (χ3v) is 5.01. The number of halogens is 1. The van der Waals surface area contributed by atoms with Crippen molar-refractivity contribution in [1.29, 1.82) is 0 Å². The molecule has 2 aromatic heterocycles.